The van der Waals surface area contributed by atoms with Gasteiger partial charge in [0.25, 0.3) is 0 Å². The van der Waals surface area contributed by atoms with E-state index >= 15 is 0 Å². The van der Waals surface area contributed by atoms with Gasteiger partial charge < -0.3 is 15.4 Å². The van der Waals surface area contributed by atoms with Crippen molar-refractivity contribution in [3.05, 3.63) is 0 Å². The zero-order chi connectivity index (χ0) is 17.8. The summed E-state index contributed by atoms with van der Waals surface area (Å²) in [5.74, 6) is 0.729. The van der Waals surface area contributed by atoms with Crippen LogP contribution in [0.5, 0.6) is 0 Å². The molecule has 0 aromatic carbocycles. The van der Waals surface area contributed by atoms with Crippen LogP contribution >= 0.6 is 0 Å². The molecule has 2 N–H and O–H groups in total. The van der Waals surface area contributed by atoms with Crippen LogP contribution < -0.4 is 10.6 Å². The summed E-state index contributed by atoms with van der Waals surface area (Å²) in [6.07, 6.45) is 4.72. The minimum atomic E-state index is -3.25. The van der Waals surface area contributed by atoms with E-state index in [0.29, 0.717) is 38.3 Å². The first kappa shape index (κ1) is 21.2. The van der Waals surface area contributed by atoms with Crippen molar-refractivity contribution >= 4 is 16.0 Å². The van der Waals surface area contributed by atoms with Gasteiger partial charge in [0.05, 0.1) is 25.5 Å². The lowest BCUT2D eigenvalue weighted by Crippen LogP contribution is -2.44. The molecule has 0 saturated carbocycles. The van der Waals surface area contributed by atoms with Gasteiger partial charge >= 0.3 is 0 Å². The highest BCUT2D eigenvalue weighted by molar-refractivity contribution is 7.89. The molecule has 0 aliphatic carbocycles. The molecule has 1 aliphatic rings. The number of morpholine rings is 1. The Hall–Kier alpha value is -0.860. The van der Waals surface area contributed by atoms with E-state index in [1.165, 1.54) is 23.6 Å². The molecule has 1 rings (SSSR count). The van der Waals surface area contributed by atoms with Crippen molar-refractivity contribution in [1.82, 2.24) is 14.9 Å². The average Bonchev–Trinajstić information content (AvgIpc) is 2.56. The van der Waals surface area contributed by atoms with Crippen LogP contribution in [-0.2, 0) is 14.8 Å². The molecule has 1 unspecified atom stereocenters. The summed E-state index contributed by atoms with van der Waals surface area (Å²) in [6.45, 7) is 9.18. The van der Waals surface area contributed by atoms with Gasteiger partial charge in [-0.05, 0) is 20.3 Å². The number of hydrogen-bond acceptors (Lipinski definition) is 4. The Morgan fingerprint density at radius 2 is 1.96 bits per heavy atom. The third kappa shape index (κ3) is 8.30. The second-order valence-corrected chi connectivity index (χ2v) is 8.22. The summed E-state index contributed by atoms with van der Waals surface area (Å²) in [4.78, 5) is 4.42. The zero-order valence-corrected chi connectivity index (χ0v) is 16.2. The molecule has 1 heterocycles. The van der Waals surface area contributed by atoms with E-state index in [1.807, 2.05) is 6.92 Å². The van der Waals surface area contributed by atoms with Crippen molar-refractivity contribution in [2.75, 3.05) is 45.1 Å². The van der Waals surface area contributed by atoms with Gasteiger partial charge in [-0.1, -0.05) is 26.2 Å². The fourth-order valence-electron chi connectivity index (χ4n) is 2.55. The Kier molecular flexibility index (Phi) is 10.3. The molecule has 0 radical (unpaired) electrons. The highest BCUT2D eigenvalue weighted by atomic mass is 32.2. The normalized spacial score (nSPS) is 18.4. The van der Waals surface area contributed by atoms with Crippen LogP contribution in [0.4, 0.5) is 0 Å². The molecular weight excluding hydrogens is 328 g/mol. The molecule has 0 aromatic rings. The van der Waals surface area contributed by atoms with E-state index in [2.05, 4.69) is 29.5 Å². The quantitative estimate of drug-likeness (QED) is 0.346. The molecule has 7 nitrogen and oxygen atoms in total. The van der Waals surface area contributed by atoms with E-state index in [0.717, 1.165) is 13.0 Å². The molecule has 0 bridgehead atoms. The van der Waals surface area contributed by atoms with Crippen LogP contribution in [-0.4, -0.2) is 69.9 Å². The van der Waals surface area contributed by atoms with E-state index in [1.54, 1.807) is 0 Å². The molecular formula is C16H34N4O3S. The second-order valence-electron chi connectivity index (χ2n) is 6.13. The number of ether oxygens (including phenoxy) is 1. The third-order valence-electron chi connectivity index (χ3n) is 3.95. The van der Waals surface area contributed by atoms with Crippen molar-refractivity contribution in [2.24, 2.45) is 4.99 Å². The fraction of sp³-hybridized carbons (Fsp3) is 0.938. The Balaban J connectivity index is 2.46. The fourth-order valence-corrected chi connectivity index (χ4v) is 3.84. The maximum Gasteiger partial charge on any atom is 0.216 e. The topological polar surface area (TPSA) is 83.0 Å². The van der Waals surface area contributed by atoms with Crippen LogP contribution in [0.25, 0.3) is 0 Å². The number of sulfonamides is 1. The van der Waals surface area contributed by atoms with Gasteiger partial charge in [0, 0.05) is 25.7 Å². The van der Waals surface area contributed by atoms with Crippen LogP contribution in [0.2, 0.25) is 0 Å². The average molecular weight is 363 g/mol. The SMILES string of the molecule is CCCCCC(C)NC(=NCCS(=O)(=O)N1CCOCC1)NCC. The first-order valence-electron chi connectivity index (χ1n) is 9.10. The second kappa shape index (κ2) is 11.7. The van der Waals surface area contributed by atoms with E-state index in [4.69, 9.17) is 4.74 Å². The first-order valence-corrected chi connectivity index (χ1v) is 10.7. The molecule has 1 saturated heterocycles. The van der Waals surface area contributed by atoms with Gasteiger partial charge in [-0.3, -0.25) is 4.99 Å². The van der Waals surface area contributed by atoms with Gasteiger partial charge in [-0.25, -0.2) is 8.42 Å². The Bertz CT molecular complexity index is 462. The lowest BCUT2D eigenvalue weighted by molar-refractivity contribution is 0.0731. The minimum absolute atomic E-state index is 0.0355. The molecule has 0 spiro atoms. The zero-order valence-electron chi connectivity index (χ0n) is 15.4. The van der Waals surface area contributed by atoms with Gasteiger partial charge in [0.2, 0.25) is 10.0 Å². The van der Waals surface area contributed by atoms with Crippen LogP contribution in [0, 0.1) is 0 Å². The molecule has 0 aromatic heterocycles. The Morgan fingerprint density at radius 1 is 1.25 bits per heavy atom. The maximum atomic E-state index is 12.3. The summed E-state index contributed by atoms with van der Waals surface area (Å²) in [7, 11) is -3.25. The number of aliphatic imine (C=N–C) groups is 1. The lowest BCUT2D eigenvalue weighted by Gasteiger charge is -2.25. The number of nitrogens with zero attached hydrogens (tertiary/aromatic N) is 2. The predicted molar refractivity (Wildman–Crippen MR) is 98.9 cm³/mol. The van der Waals surface area contributed by atoms with E-state index < -0.39 is 10.0 Å². The van der Waals surface area contributed by atoms with Gasteiger partial charge in [0.1, 0.15) is 0 Å². The summed E-state index contributed by atoms with van der Waals surface area (Å²) >= 11 is 0. The largest absolute Gasteiger partial charge is 0.379 e. The number of guanidine groups is 1. The molecule has 24 heavy (non-hydrogen) atoms. The van der Waals surface area contributed by atoms with Crippen LogP contribution in [0.1, 0.15) is 46.5 Å². The van der Waals surface area contributed by atoms with E-state index in [9.17, 15) is 8.42 Å². The molecule has 1 fully saturated rings. The van der Waals surface area contributed by atoms with Crippen molar-refractivity contribution in [3.8, 4) is 0 Å². The van der Waals surface area contributed by atoms with Crippen molar-refractivity contribution in [2.45, 2.75) is 52.5 Å². The molecule has 8 heteroatoms. The van der Waals surface area contributed by atoms with E-state index in [-0.39, 0.29) is 12.3 Å². The highest BCUT2D eigenvalue weighted by Crippen LogP contribution is 2.06. The number of rotatable bonds is 10. The van der Waals surface area contributed by atoms with Crippen molar-refractivity contribution in [3.63, 3.8) is 0 Å². The lowest BCUT2D eigenvalue weighted by atomic mass is 10.1. The summed E-state index contributed by atoms with van der Waals surface area (Å²) in [5, 5.41) is 6.53. The number of hydrogen-bond donors (Lipinski definition) is 2. The maximum absolute atomic E-state index is 12.3. The molecule has 0 amide bonds. The monoisotopic (exact) mass is 362 g/mol. The molecule has 1 atom stereocenters. The highest BCUT2D eigenvalue weighted by Gasteiger charge is 2.23. The van der Waals surface area contributed by atoms with Gasteiger partial charge in [-0.15, -0.1) is 0 Å². The van der Waals surface area contributed by atoms with Gasteiger partial charge in [0.15, 0.2) is 5.96 Å². The van der Waals surface area contributed by atoms with Crippen molar-refractivity contribution in [1.29, 1.82) is 0 Å². The first-order chi connectivity index (χ1) is 11.5. The number of unbranched alkanes of at least 4 members (excludes halogenated alkanes) is 2. The summed E-state index contributed by atoms with van der Waals surface area (Å²) in [6, 6.07) is 0.324. The Morgan fingerprint density at radius 3 is 2.58 bits per heavy atom. The van der Waals surface area contributed by atoms with Crippen molar-refractivity contribution < 1.29 is 13.2 Å². The third-order valence-corrected chi connectivity index (χ3v) is 5.80. The summed E-state index contributed by atoms with van der Waals surface area (Å²) < 4.78 is 31.3. The van der Waals surface area contributed by atoms with Gasteiger partial charge in [-0.2, -0.15) is 4.31 Å². The predicted octanol–water partition coefficient (Wildman–Crippen LogP) is 1.17. The molecule has 142 valence electrons. The summed E-state index contributed by atoms with van der Waals surface area (Å²) in [5.41, 5.74) is 0. The Labute approximate surface area is 147 Å². The smallest absolute Gasteiger partial charge is 0.216 e. The van der Waals surface area contributed by atoms with Crippen LogP contribution in [0.3, 0.4) is 0 Å². The van der Waals surface area contributed by atoms with Crippen LogP contribution in [0.15, 0.2) is 4.99 Å². The minimum Gasteiger partial charge on any atom is -0.379 e. The number of nitrogens with one attached hydrogen (secondary N) is 2. The standard InChI is InChI=1S/C16H34N4O3S/c1-4-6-7-8-15(3)19-16(17-5-2)18-9-14-24(21,22)20-10-12-23-13-11-20/h15H,4-14H2,1-3H3,(H2,17,18,19). The molecule has 1 aliphatic heterocycles.